The first-order valence-electron chi connectivity index (χ1n) is 21.0. The minimum Gasteiger partial charge on any atom is -0.507 e. The third-order valence-corrected chi connectivity index (χ3v) is 12.3. The van der Waals surface area contributed by atoms with Crippen LogP contribution in [-0.4, -0.2) is 91.7 Å². The minimum absolute atomic E-state index is 0.0254. The Bertz CT molecular complexity index is 2620. The number of nitrogens with zero attached hydrogens (tertiary/aromatic N) is 2. The standard InChI is InChI=1S/C48H56N4O12/c1-22-14-13-15-23(2)47(60)51-38-31(21-49-52-34-20-24(3)30-16-11-12-17-32(30)50-34)42(57)35-36(43(38)58)41(56)28(7)45-37(35)46(59)48(9,64-45)62-19-18-33(61-10)25(4)44(63-29(8)53)27(6)40(55)26(5)39(22)54/h11-22,25-27,33,39-40,44,54-58H,1-10H3,(H,50,52)(H,51,60)/b14-13+,19-18+,23-15-,49-21+/t22-,25+,26+,27+,33-,39-,40+,44+,48-/m0/s1. The number of ether oxygens (including phenoxy) is 4. The molecule has 3 aliphatic rings. The number of Topliss-reactive ketones (excluding diaryl/α,β-unsaturated/α-hetero) is 1. The second kappa shape index (κ2) is 18.7. The maximum absolute atomic E-state index is 14.5. The number of carbonyl (C=O) groups excluding carboxylic acids is 3. The Morgan fingerprint density at radius 1 is 0.953 bits per heavy atom. The number of aliphatic hydroxyl groups is 2. The number of amides is 1. The van der Waals surface area contributed by atoms with E-state index < -0.39 is 88.8 Å². The predicted octanol–water partition coefficient (Wildman–Crippen LogP) is 7.06. The zero-order chi connectivity index (χ0) is 46.9. The fourth-order valence-corrected chi connectivity index (χ4v) is 8.44. The number of hydrogen-bond acceptors (Lipinski definition) is 15. The van der Waals surface area contributed by atoms with Gasteiger partial charge < -0.3 is 49.8 Å². The van der Waals surface area contributed by atoms with Crippen LogP contribution in [0.25, 0.3) is 21.7 Å². The van der Waals surface area contributed by atoms with E-state index in [0.717, 1.165) is 17.2 Å². The number of hydrazone groups is 1. The van der Waals surface area contributed by atoms with Gasteiger partial charge in [0.1, 0.15) is 29.2 Å². The number of fused-ring (bicyclic) bond motifs is 15. The van der Waals surface area contributed by atoms with E-state index >= 15 is 0 Å². The number of allylic oxidation sites excluding steroid dienone is 2. The van der Waals surface area contributed by atoms with Crippen molar-refractivity contribution in [2.75, 3.05) is 17.9 Å². The maximum Gasteiger partial charge on any atom is 0.312 e. The summed E-state index contributed by atoms with van der Waals surface area (Å²) in [6, 6.07) is 9.29. The summed E-state index contributed by atoms with van der Waals surface area (Å²) in [6.07, 6.45) is 4.55. The van der Waals surface area contributed by atoms with E-state index in [1.807, 2.05) is 31.2 Å². The number of phenolic OH excluding ortho intramolecular Hbond substituents is 3. The summed E-state index contributed by atoms with van der Waals surface area (Å²) in [4.78, 5) is 45.3. The lowest BCUT2D eigenvalue weighted by Gasteiger charge is -2.38. The quantitative estimate of drug-likeness (QED) is 0.0350. The number of benzene rings is 3. The van der Waals surface area contributed by atoms with Gasteiger partial charge in [0.25, 0.3) is 11.7 Å². The van der Waals surface area contributed by atoms with Crippen molar-refractivity contribution in [2.24, 2.45) is 28.8 Å². The van der Waals surface area contributed by atoms with Gasteiger partial charge in [0.15, 0.2) is 5.75 Å². The average Bonchev–Trinajstić information content (AvgIpc) is 3.52. The monoisotopic (exact) mass is 880 g/mol. The fraction of sp³-hybridized carbons (Fsp3) is 0.396. The van der Waals surface area contributed by atoms with Gasteiger partial charge in [-0.1, -0.05) is 64.1 Å². The van der Waals surface area contributed by atoms with Gasteiger partial charge in [-0.15, -0.1) is 0 Å². The summed E-state index contributed by atoms with van der Waals surface area (Å²) in [7, 11) is 1.43. The number of anilines is 2. The first kappa shape index (κ1) is 47.0. The lowest BCUT2D eigenvalue weighted by atomic mass is 9.78. The van der Waals surface area contributed by atoms with Crippen molar-refractivity contribution in [1.82, 2.24) is 4.98 Å². The summed E-state index contributed by atoms with van der Waals surface area (Å²) in [6.45, 7) is 14.3. The summed E-state index contributed by atoms with van der Waals surface area (Å²) < 4.78 is 23.6. The molecule has 9 atom stereocenters. The number of phenols is 3. The van der Waals surface area contributed by atoms with Crippen molar-refractivity contribution in [3.05, 3.63) is 88.7 Å². The van der Waals surface area contributed by atoms with Crippen molar-refractivity contribution in [1.29, 1.82) is 0 Å². The normalized spacial score (nSPS) is 28.7. The van der Waals surface area contributed by atoms with Crippen molar-refractivity contribution < 1.29 is 58.9 Å². The molecule has 3 aromatic carbocycles. The Balaban J connectivity index is 1.52. The van der Waals surface area contributed by atoms with Crippen LogP contribution in [0.5, 0.6) is 23.0 Å². The van der Waals surface area contributed by atoms with Gasteiger partial charge in [0.2, 0.25) is 0 Å². The molecule has 64 heavy (non-hydrogen) atoms. The molecule has 1 amide bonds. The van der Waals surface area contributed by atoms with E-state index in [4.69, 9.17) is 18.9 Å². The van der Waals surface area contributed by atoms with Gasteiger partial charge >= 0.3 is 11.8 Å². The summed E-state index contributed by atoms with van der Waals surface area (Å²) in [5.74, 6) is -8.42. The third-order valence-electron chi connectivity index (χ3n) is 12.3. The van der Waals surface area contributed by atoms with Crippen LogP contribution in [0.4, 0.5) is 11.5 Å². The Morgan fingerprint density at radius 2 is 1.66 bits per heavy atom. The van der Waals surface area contributed by atoms with Crippen molar-refractivity contribution in [3.63, 3.8) is 0 Å². The zero-order valence-electron chi connectivity index (χ0n) is 37.5. The van der Waals surface area contributed by atoms with Crippen LogP contribution in [0.2, 0.25) is 0 Å². The highest BCUT2D eigenvalue weighted by Gasteiger charge is 2.50. The zero-order valence-corrected chi connectivity index (χ0v) is 37.5. The van der Waals surface area contributed by atoms with Gasteiger partial charge in [-0.2, -0.15) is 5.10 Å². The van der Waals surface area contributed by atoms with E-state index in [1.54, 1.807) is 45.9 Å². The smallest absolute Gasteiger partial charge is 0.312 e. The second-order valence-electron chi connectivity index (χ2n) is 16.8. The Morgan fingerprint density at radius 3 is 2.34 bits per heavy atom. The number of aryl methyl sites for hydroxylation is 1. The summed E-state index contributed by atoms with van der Waals surface area (Å²) in [5.41, 5.74) is 3.79. The molecule has 0 unspecified atom stereocenters. The first-order valence-corrected chi connectivity index (χ1v) is 21.0. The number of hydrogen-bond donors (Lipinski definition) is 7. The number of aliphatic hydroxyl groups excluding tert-OH is 2. The molecule has 4 heterocycles. The highest BCUT2D eigenvalue weighted by molar-refractivity contribution is 6.24. The SMILES string of the molecule is CO[C@H]1/C=C/O[C@@]2(C)Oc3c(C)c(O)c4c(O)c(c(/C=N/Nc5cc(C)c6ccccc6n5)c(O)c4c3C2=O)NC(=O)/C(C)=C\C=C\[C@H](C)[C@H](O)[C@@H](C)[C@@H](O)[C@@H](C)[C@H](OC(C)=O)[C@@H]1C. The van der Waals surface area contributed by atoms with E-state index in [0.29, 0.717) is 11.3 Å². The molecule has 5 bridgehead atoms. The molecule has 7 rings (SSSR count). The van der Waals surface area contributed by atoms with Crippen LogP contribution in [0.3, 0.4) is 0 Å². The van der Waals surface area contributed by atoms with Gasteiger partial charge in [-0.3, -0.25) is 19.8 Å². The molecule has 3 aliphatic heterocycles. The van der Waals surface area contributed by atoms with Crippen molar-refractivity contribution >= 4 is 57.1 Å². The number of rotatable bonds is 5. The number of ketones is 1. The van der Waals surface area contributed by atoms with Crippen LogP contribution in [0.1, 0.15) is 75.5 Å². The molecule has 4 aromatic rings. The molecule has 1 aromatic heterocycles. The molecular formula is C48H56N4O12. The molecular weight excluding hydrogens is 825 g/mol. The van der Waals surface area contributed by atoms with Crippen molar-refractivity contribution in [3.8, 4) is 23.0 Å². The van der Waals surface area contributed by atoms with Crippen molar-refractivity contribution in [2.45, 2.75) is 92.5 Å². The minimum atomic E-state index is -2.08. The van der Waals surface area contributed by atoms with Gasteiger partial charge in [0.05, 0.1) is 58.5 Å². The largest absolute Gasteiger partial charge is 0.507 e. The summed E-state index contributed by atoms with van der Waals surface area (Å²) in [5, 5.41) is 66.0. The lowest BCUT2D eigenvalue weighted by Crippen LogP contribution is -2.46. The number of esters is 1. The molecule has 0 radical (unpaired) electrons. The summed E-state index contributed by atoms with van der Waals surface area (Å²) >= 11 is 0. The number of carbonyl (C=O) groups is 3. The van der Waals surface area contributed by atoms with E-state index in [-0.39, 0.29) is 44.5 Å². The van der Waals surface area contributed by atoms with Crippen LogP contribution >= 0.6 is 0 Å². The van der Waals surface area contributed by atoms with Gasteiger partial charge in [0, 0.05) is 66.5 Å². The van der Waals surface area contributed by atoms with Crippen LogP contribution in [-0.2, 0) is 23.8 Å². The average molecular weight is 881 g/mol. The number of pyridine rings is 1. The number of nitrogens with one attached hydrogen (secondary N) is 2. The molecule has 0 aliphatic carbocycles. The highest BCUT2D eigenvalue weighted by atomic mass is 16.7. The molecule has 7 N–H and O–H groups in total. The van der Waals surface area contributed by atoms with Crippen LogP contribution < -0.4 is 15.5 Å². The molecule has 16 nitrogen and oxygen atoms in total. The number of aromatic nitrogens is 1. The number of methoxy groups -OCH3 is 1. The molecule has 340 valence electrons. The Hall–Kier alpha value is -6.49. The van der Waals surface area contributed by atoms with E-state index in [9.17, 15) is 39.9 Å². The molecule has 16 heteroatoms. The number of para-hydroxylation sites is 1. The Kier molecular flexibility index (Phi) is 13.7. The van der Waals surface area contributed by atoms with E-state index in [2.05, 4.69) is 20.8 Å². The molecule has 0 saturated heterocycles. The third kappa shape index (κ3) is 8.85. The van der Waals surface area contributed by atoms with Gasteiger partial charge in [-0.05, 0) is 44.5 Å². The molecule has 0 fully saturated rings. The lowest BCUT2D eigenvalue weighted by molar-refractivity contribution is -0.160. The number of aromatic hydroxyl groups is 3. The fourth-order valence-electron chi connectivity index (χ4n) is 8.44. The maximum atomic E-state index is 14.5. The highest BCUT2D eigenvalue weighted by Crippen LogP contribution is 2.55. The van der Waals surface area contributed by atoms with Gasteiger partial charge in [-0.25, -0.2) is 4.98 Å². The second-order valence-corrected chi connectivity index (χ2v) is 16.8. The molecule has 0 spiro atoms. The first-order chi connectivity index (χ1) is 30.2. The molecule has 0 saturated carbocycles. The van der Waals surface area contributed by atoms with E-state index in [1.165, 1.54) is 53.2 Å². The topological polar surface area (TPSA) is 239 Å². The van der Waals surface area contributed by atoms with Crippen LogP contribution in [0.15, 0.2) is 71.6 Å². The Labute approximate surface area is 370 Å². The van der Waals surface area contributed by atoms with Crippen LogP contribution in [0, 0.1) is 37.5 Å². The predicted molar refractivity (Wildman–Crippen MR) is 242 cm³/mol.